The van der Waals surface area contributed by atoms with Crippen LogP contribution in [0.1, 0.15) is 58.9 Å². The predicted octanol–water partition coefficient (Wildman–Crippen LogP) is 4.99. The van der Waals surface area contributed by atoms with Crippen molar-refractivity contribution in [1.29, 1.82) is 0 Å². The Morgan fingerprint density at radius 1 is 1.33 bits per heavy atom. The molecule has 1 aliphatic rings. The van der Waals surface area contributed by atoms with Crippen LogP contribution in [0.2, 0.25) is 0 Å². The van der Waals surface area contributed by atoms with Crippen LogP contribution in [0.4, 0.5) is 0 Å². The summed E-state index contributed by atoms with van der Waals surface area (Å²) in [6, 6.07) is 6.78. The zero-order chi connectivity index (χ0) is 17.2. The molecule has 3 rings (SSSR count). The van der Waals surface area contributed by atoms with E-state index in [0.29, 0.717) is 5.92 Å². The van der Waals surface area contributed by atoms with Gasteiger partial charge in [0, 0.05) is 6.54 Å². The Hall–Kier alpha value is -1.35. The van der Waals surface area contributed by atoms with Crippen LogP contribution >= 0.6 is 0 Å². The first kappa shape index (κ1) is 17.5. The number of likely N-dealkylation sites (tertiary alicyclic amines) is 1. The predicted molar refractivity (Wildman–Crippen MR) is 102 cm³/mol. The number of unbranched alkanes of at least 4 members (excludes halogenated alkanes) is 1. The van der Waals surface area contributed by atoms with Crippen molar-refractivity contribution in [3.8, 4) is 0 Å². The van der Waals surface area contributed by atoms with Gasteiger partial charge < -0.3 is 9.88 Å². The number of nitrogens with zero attached hydrogens (tertiary/aromatic N) is 2. The summed E-state index contributed by atoms with van der Waals surface area (Å²) in [5.41, 5.74) is 3.95. The minimum Gasteiger partial charge on any atom is -0.345 e. The Labute approximate surface area is 146 Å². The van der Waals surface area contributed by atoms with Crippen molar-refractivity contribution >= 4 is 11.0 Å². The Morgan fingerprint density at radius 3 is 2.92 bits per heavy atom. The van der Waals surface area contributed by atoms with Gasteiger partial charge in [-0.2, -0.15) is 0 Å². The van der Waals surface area contributed by atoms with E-state index >= 15 is 0 Å². The monoisotopic (exact) mass is 327 g/mol. The number of fused-ring (bicyclic) bond motifs is 1. The smallest absolute Gasteiger partial charge is 0.0931 e. The van der Waals surface area contributed by atoms with E-state index in [4.69, 9.17) is 0 Å². The third-order valence-electron chi connectivity index (χ3n) is 6.15. The normalized spacial score (nSPS) is 25.6. The quantitative estimate of drug-likeness (QED) is 0.758. The summed E-state index contributed by atoms with van der Waals surface area (Å²) >= 11 is 0. The fraction of sp³-hybridized carbons (Fsp3) is 0.667. The van der Waals surface area contributed by atoms with Crippen molar-refractivity contribution in [2.75, 3.05) is 19.6 Å². The highest BCUT2D eigenvalue weighted by Gasteiger charge is 2.37. The summed E-state index contributed by atoms with van der Waals surface area (Å²) in [5.74, 6) is 1.51. The molecule has 0 bridgehead atoms. The lowest BCUT2D eigenvalue weighted by molar-refractivity contribution is 0.109. The van der Waals surface area contributed by atoms with E-state index in [9.17, 15) is 0 Å². The highest BCUT2D eigenvalue weighted by atomic mass is 15.1. The van der Waals surface area contributed by atoms with Gasteiger partial charge in [0.15, 0.2) is 0 Å². The largest absolute Gasteiger partial charge is 0.345 e. The SMILES string of the molecule is CC(C)CCCCN1CCC(C)(c2ccc3[nH]cnc3c2)C(C)C1. The van der Waals surface area contributed by atoms with E-state index in [0.717, 1.165) is 17.0 Å². The molecule has 1 fully saturated rings. The molecular formula is C21H33N3. The van der Waals surface area contributed by atoms with Crippen molar-refractivity contribution in [2.24, 2.45) is 11.8 Å². The molecule has 2 aromatic rings. The van der Waals surface area contributed by atoms with Gasteiger partial charge in [0.1, 0.15) is 0 Å². The molecule has 3 heteroatoms. The summed E-state index contributed by atoms with van der Waals surface area (Å²) in [5, 5.41) is 0. The molecule has 0 saturated carbocycles. The van der Waals surface area contributed by atoms with Gasteiger partial charge in [0.05, 0.1) is 17.4 Å². The second-order valence-corrected chi connectivity index (χ2v) is 8.39. The minimum atomic E-state index is 0.265. The number of rotatable bonds is 6. The number of aromatic nitrogens is 2. The molecule has 2 heterocycles. The van der Waals surface area contributed by atoms with Crippen LogP contribution in [0, 0.1) is 11.8 Å². The fourth-order valence-corrected chi connectivity index (χ4v) is 4.12. The van der Waals surface area contributed by atoms with Gasteiger partial charge in [0.25, 0.3) is 0 Å². The molecule has 1 aromatic carbocycles. The number of hydrogen-bond donors (Lipinski definition) is 1. The Bertz CT molecular complexity index is 660. The molecule has 3 nitrogen and oxygen atoms in total. The van der Waals surface area contributed by atoms with Crippen LogP contribution in [0.3, 0.4) is 0 Å². The van der Waals surface area contributed by atoms with Crippen LogP contribution < -0.4 is 0 Å². The van der Waals surface area contributed by atoms with E-state index in [2.05, 4.69) is 60.8 Å². The second-order valence-electron chi connectivity index (χ2n) is 8.39. The van der Waals surface area contributed by atoms with Gasteiger partial charge in [-0.05, 0) is 60.9 Å². The molecule has 1 aromatic heterocycles. The van der Waals surface area contributed by atoms with Crippen molar-refractivity contribution in [1.82, 2.24) is 14.9 Å². The van der Waals surface area contributed by atoms with E-state index < -0.39 is 0 Å². The maximum Gasteiger partial charge on any atom is 0.0931 e. The highest BCUT2D eigenvalue weighted by molar-refractivity contribution is 5.75. The van der Waals surface area contributed by atoms with E-state index in [-0.39, 0.29) is 5.41 Å². The molecule has 2 unspecified atom stereocenters. The molecule has 1 saturated heterocycles. The molecular weight excluding hydrogens is 294 g/mol. The van der Waals surface area contributed by atoms with Gasteiger partial charge in [-0.1, -0.05) is 46.6 Å². The molecule has 0 aliphatic carbocycles. The molecule has 1 N–H and O–H groups in total. The van der Waals surface area contributed by atoms with Crippen LogP contribution in [0.25, 0.3) is 11.0 Å². The number of imidazole rings is 1. The summed E-state index contributed by atoms with van der Waals surface area (Å²) in [4.78, 5) is 10.3. The van der Waals surface area contributed by atoms with Crippen LogP contribution in [0.5, 0.6) is 0 Å². The number of aromatic amines is 1. The molecule has 132 valence electrons. The minimum absolute atomic E-state index is 0.265. The maximum absolute atomic E-state index is 4.44. The zero-order valence-corrected chi connectivity index (χ0v) is 15.8. The van der Waals surface area contributed by atoms with E-state index in [1.165, 1.54) is 50.9 Å². The second kappa shape index (κ2) is 7.26. The van der Waals surface area contributed by atoms with E-state index in [1.807, 2.05) is 0 Å². The Balaban J connectivity index is 1.61. The first-order valence-electron chi connectivity index (χ1n) is 9.65. The topological polar surface area (TPSA) is 31.9 Å². The van der Waals surface area contributed by atoms with Gasteiger partial charge in [-0.25, -0.2) is 4.98 Å². The first-order valence-corrected chi connectivity index (χ1v) is 9.65. The van der Waals surface area contributed by atoms with E-state index in [1.54, 1.807) is 6.33 Å². The summed E-state index contributed by atoms with van der Waals surface area (Å²) < 4.78 is 0. The number of benzene rings is 1. The standard InChI is InChI=1S/C21H33N3/c1-16(2)7-5-6-11-24-12-10-21(4,17(3)14-24)18-8-9-19-20(13-18)23-15-22-19/h8-9,13,15-17H,5-7,10-12,14H2,1-4H3,(H,22,23). The van der Waals surface area contributed by atoms with Crippen molar-refractivity contribution in [2.45, 2.75) is 58.8 Å². The number of nitrogens with one attached hydrogen (secondary N) is 1. The first-order chi connectivity index (χ1) is 11.5. The number of H-pyrrole nitrogens is 1. The molecule has 2 atom stereocenters. The van der Waals surface area contributed by atoms with Gasteiger partial charge in [-0.3, -0.25) is 0 Å². The lowest BCUT2D eigenvalue weighted by atomic mass is 9.68. The van der Waals surface area contributed by atoms with Crippen LogP contribution in [-0.2, 0) is 5.41 Å². The third kappa shape index (κ3) is 3.66. The highest BCUT2D eigenvalue weighted by Crippen LogP contribution is 2.40. The average Bonchev–Trinajstić information content (AvgIpc) is 3.02. The lowest BCUT2D eigenvalue weighted by Crippen LogP contribution is -2.47. The molecule has 0 amide bonds. The molecule has 1 aliphatic heterocycles. The van der Waals surface area contributed by atoms with Crippen molar-refractivity contribution in [3.63, 3.8) is 0 Å². The Kier molecular flexibility index (Phi) is 5.29. The van der Waals surface area contributed by atoms with Gasteiger partial charge >= 0.3 is 0 Å². The van der Waals surface area contributed by atoms with Gasteiger partial charge in [-0.15, -0.1) is 0 Å². The number of hydrogen-bond acceptors (Lipinski definition) is 2. The summed E-state index contributed by atoms with van der Waals surface area (Å²) in [7, 11) is 0. The maximum atomic E-state index is 4.44. The fourth-order valence-electron chi connectivity index (χ4n) is 4.12. The van der Waals surface area contributed by atoms with Gasteiger partial charge in [0.2, 0.25) is 0 Å². The lowest BCUT2D eigenvalue weighted by Gasteiger charge is -2.45. The third-order valence-corrected chi connectivity index (χ3v) is 6.15. The zero-order valence-electron chi connectivity index (χ0n) is 15.8. The van der Waals surface area contributed by atoms with Crippen molar-refractivity contribution < 1.29 is 0 Å². The number of piperidine rings is 1. The molecule has 0 spiro atoms. The Morgan fingerprint density at radius 2 is 2.17 bits per heavy atom. The summed E-state index contributed by atoms with van der Waals surface area (Å²) in [6.07, 6.45) is 7.12. The van der Waals surface area contributed by atoms with Crippen LogP contribution in [-0.4, -0.2) is 34.5 Å². The molecule has 0 radical (unpaired) electrons. The molecule has 24 heavy (non-hydrogen) atoms. The van der Waals surface area contributed by atoms with Crippen molar-refractivity contribution in [3.05, 3.63) is 30.1 Å². The average molecular weight is 328 g/mol. The van der Waals surface area contributed by atoms with Crippen LogP contribution in [0.15, 0.2) is 24.5 Å². The summed E-state index contributed by atoms with van der Waals surface area (Å²) in [6.45, 7) is 13.2.